The van der Waals surface area contributed by atoms with Gasteiger partial charge in [-0.1, -0.05) is 0 Å². The van der Waals surface area contributed by atoms with Gasteiger partial charge >= 0.3 is 5.63 Å². The Morgan fingerprint density at radius 2 is 2.05 bits per heavy atom. The van der Waals surface area contributed by atoms with E-state index in [1.807, 2.05) is 0 Å². The van der Waals surface area contributed by atoms with E-state index in [1.54, 1.807) is 0 Å². The molecule has 2 saturated carbocycles. The van der Waals surface area contributed by atoms with Gasteiger partial charge in [0.2, 0.25) is 5.91 Å². The van der Waals surface area contributed by atoms with Crippen LogP contribution in [0.4, 0.5) is 0 Å². The second-order valence-corrected chi connectivity index (χ2v) is 6.76. The van der Waals surface area contributed by atoms with Crippen molar-refractivity contribution in [1.82, 2.24) is 5.32 Å². The summed E-state index contributed by atoms with van der Waals surface area (Å²) in [5.41, 5.74) is 1.26. The summed E-state index contributed by atoms with van der Waals surface area (Å²) < 4.78 is 5.06. The molecule has 0 saturated heterocycles. The van der Waals surface area contributed by atoms with Crippen molar-refractivity contribution in [3.8, 4) is 0 Å². The normalized spacial score (nSPS) is 25.8. The van der Waals surface area contributed by atoms with Crippen LogP contribution in [0.1, 0.15) is 53.8 Å². The SMILES string of the molecule is O=C1Cc2oc(=O)cc(CC3CCC4(CC4)C3)c2C(=O)N1. The first-order valence-electron chi connectivity index (χ1n) is 7.55. The maximum Gasteiger partial charge on any atom is 0.336 e. The van der Waals surface area contributed by atoms with Crippen molar-refractivity contribution in [3.05, 3.63) is 33.4 Å². The number of carbonyl (C=O) groups excluding carboxylic acids is 2. The fourth-order valence-corrected chi connectivity index (χ4v) is 3.98. The fourth-order valence-electron chi connectivity index (χ4n) is 3.98. The van der Waals surface area contributed by atoms with Crippen LogP contribution < -0.4 is 10.9 Å². The minimum absolute atomic E-state index is 0.0290. The molecule has 0 radical (unpaired) electrons. The van der Waals surface area contributed by atoms with E-state index in [-0.39, 0.29) is 12.2 Å². The van der Waals surface area contributed by atoms with Crippen LogP contribution in [-0.2, 0) is 17.6 Å². The van der Waals surface area contributed by atoms with Crippen LogP contribution in [0.5, 0.6) is 0 Å². The Labute approximate surface area is 121 Å². The Morgan fingerprint density at radius 3 is 2.76 bits per heavy atom. The third-order valence-corrected chi connectivity index (χ3v) is 5.19. The molecule has 2 aliphatic carbocycles. The molecule has 4 rings (SSSR count). The molecule has 1 aromatic rings. The molecule has 110 valence electrons. The zero-order valence-corrected chi connectivity index (χ0v) is 11.7. The summed E-state index contributed by atoms with van der Waals surface area (Å²) in [5.74, 6) is -0.0843. The molecule has 2 heterocycles. The monoisotopic (exact) mass is 287 g/mol. The van der Waals surface area contributed by atoms with E-state index in [2.05, 4.69) is 5.32 Å². The molecular formula is C16H17NO4. The summed E-state index contributed by atoms with van der Waals surface area (Å²) in [6.45, 7) is 0. The van der Waals surface area contributed by atoms with Crippen molar-refractivity contribution >= 4 is 11.8 Å². The maximum absolute atomic E-state index is 12.0. The number of imide groups is 1. The molecule has 2 fully saturated rings. The molecule has 1 atom stereocenters. The molecule has 21 heavy (non-hydrogen) atoms. The zero-order valence-electron chi connectivity index (χ0n) is 11.7. The third kappa shape index (κ3) is 2.20. The van der Waals surface area contributed by atoms with Gasteiger partial charge in [0, 0.05) is 6.07 Å². The predicted octanol–water partition coefficient (Wildman–Crippen LogP) is 1.58. The first-order chi connectivity index (χ1) is 10.0. The molecule has 3 aliphatic rings. The lowest BCUT2D eigenvalue weighted by Crippen LogP contribution is -2.39. The average Bonchev–Trinajstić information content (AvgIpc) is 3.02. The second kappa shape index (κ2) is 4.29. The topological polar surface area (TPSA) is 76.4 Å². The quantitative estimate of drug-likeness (QED) is 0.838. The van der Waals surface area contributed by atoms with E-state index in [4.69, 9.17) is 4.42 Å². The smallest absolute Gasteiger partial charge is 0.336 e. The molecule has 1 N–H and O–H groups in total. The molecule has 1 aliphatic heterocycles. The van der Waals surface area contributed by atoms with E-state index in [9.17, 15) is 14.4 Å². The van der Waals surface area contributed by atoms with Gasteiger partial charge in [0.05, 0.1) is 12.0 Å². The van der Waals surface area contributed by atoms with Gasteiger partial charge in [0.1, 0.15) is 5.76 Å². The van der Waals surface area contributed by atoms with Crippen molar-refractivity contribution in [2.24, 2.45) is 11.3 Å². The maximum atomic E-state index is 12.0. The second-order valence-electron chi connectivity index (χ2n) is 6.76. The third-order valence-electron chi connectivity index (χ3n) is 5.19. The summed E-state index contributed by atoms with van der Waals surface area (Å²) in [7, 11) is 0. The number of carbonyl (C=O) groups is 2. The van der Waals surface area contributed by atoms with E-state index in [0.29, 0.717) is 16.9 Å². The van der Waals surface area contributed by atoms with Crippen molar-refractivity contribution in [2.75, 3.05) is 0 Å². The van der Waals surface area contributed by atoms with Gasteiger partial charge < -0.3 is 4.42 Å². The Morgan fingerprint density at radius 1 is 1.24 bits per heavy atom. The Bertz CT molecular complexity index is 699. The van der Waals surface area contributed by atoms with Crippen LogP contribution >= 0.6 is 0 Å². The highest BCUT2D eigenvalue weighted by atomic mass is 16.4. The fraction of sp³-hybridized carbons (Fsp3) is 0.562. The van der Waals surface area contributed by atoms with Crippen LogP contribution in [-0.4, -0.2) is 11.8 Å². The summed E-state index contributed by atoms with van der Waals surface area (Å²) in [6, 6.07) is 1.42. The highest BCUT2D eigenvalue weighted by molar-refractivity contribution is 6.09. The molecule has 1 unspecified atom stereocenters. The van der Waals surface area contributed by atoms with Gasteiger partial charge in [0.25, 0.3) is 5.91 Å². The number of rotatable bonds is 2. The molecule has 0 aromatic carbocycles. The highest BCUT2D eigenvalue weighted by Crippen LogP contribution is 2.60. The van der Waals surface area contributed by atoms with E-state index >= 15 is 0 Å². The molecule has 5 heteroatoms. The van der Waals surface area contributed by atoms with E-state index in [1.165, 1.54) is 31.7 Å². The van der Waals surface area contributed by atoms with Crippen molar-refractivity contribution in [2.45, 2.75) is 44.9 Å². The summed E-state index contributed by atoms with van der Waals surface area (Å²) >= 11 is 0. The summed E-state index contributed by atoms with van der Waals surface area (Å²) in [6.07, 6.45) is 6.99. The first-order valence-corrected chi connectivity index (χ1v) is 7.55. The van der Waals surface area contributed by atoms with Crippen LogP contribution in [0.15, 0.2) is 15.3 Å². The summed E-state index contributed by atoms with van der Waals surface area (Å²) in [4.78, 5) is 35.1. The van der Waals surface area contributed by atoms with E-state index in [0.717, 1.165) is 18.4 Å². The largest absolute Gasteiger partial charge is 0.426 e. The van der Waals surface area contributed by atoms with Crippen molar-refractivity contribution in [3.63, 3.8) is 0 Å². The van der Waals surface area contributed by atoms with Gasteiger partial charge in [-0.05, 0) is 55.4 Å². The molecular weight excluding hydrogens is 270 g/mol. The van der Waals surface area contributed by atoms with Crippen LogP contribution in [0.25, 0.3) is 0 Å². The number of hydrogen-bond donors (Lipinski definition) is 1. The van der Waals surface area contributed by atoms with Gasteiger partial charge in [-0.25, -0.2) is 4.79 Å². The van der Waals surface area contributed by atoms with Crippen LogP contribution in [0.2, 0.25) is 0 Å². The van der Waals surface area contributed by atoms with Gasteiger partial charge in [0.15, 0.2) is 0 Å². The van der Waals surface area contributed by atoms with Crippen LogP contribution in [0, 0.1) is 11.3 Å². The van der Waals surface area contributed by atoms with Crippen molar-refractivity contribution in [1.29, 1.82) is 0 Å². The average molecular weight is 287 g/mol. The standard InChI is InChI=1S/C16H17NO4/c18-12-7-11-14(15(20)17-12)10(6-13(19)21-11)5-9-1-2-16(8-9)3-4-16/h6,9H,1-5,7-8H2,(H,17,18,20). The molecule has 0 bridgehead atoms. The van der Waals surface area contributed by atoms with E-state index < -0.39 is 17.4 Å². The number of amides is 2. The number of fused-ring (bicyclic) bond motifs is 1. The zero-order chi connectivity index (χ0) is 14.6. The number of nitrogens with one attached hydrogen (secondary N) is 1. The lowest BCUT2D eigenvalue weighted by atomic mass is 9.91. The molecule has 5 nitrogen and oxygen atoms in total. The lowest BCUT2D eigenvalue weighted by Gasteiger charge is -2.18. The Balaban J connectivity index is 1.67. The Hall–Kier alpha value is -1.91. The molecule has 1 spiro atoms. The minimum atomic E-state index is -0.467. The number of hydrogen-bond acceptors (Lipinski definition) is 4. The molecule has 2 amide bonds. The summed E-state index contributed by atoms with van der Waals surface area (Å²) in [5, 5.41) is 2.31. The highest BCUT2D eigenvalue weighted by Gasteiger charge is 2.48. The van der Waals surface area contributed by atoms with Crippen LogP contribution in [0.3, 0.4) is 0 Å². The lowest BCUT2D eigenvalue weighted by molar-refractivity contribution is -0.120. The minimum Gasteiger partial charge on any atom is -0.426 e. The Kier molecular flexibility index (Phi) is 2.62. The van der Waals surface area contributed by atoms with Crippen molar-refractivity contribution < 1.29 is 14.0 Å². The van der Waals surface area contributed by atoms with Gasteiger partial charge in [-0.15, -0.1) is 0 Å². The predicted molar refractivity (Wildman–Crippen MR) is 73.9 cm³/mol. The molecule has 1 aromatic heterocycles. The first kappa shape index (κ1) is 12.8. The van der Waals surface area contributed by atoms with Gasteiger partial charge in [-0.3, -0.25) is 14.9 Å². The van der Waals surface area contributed by atoms with Gasteiger partial charge in [-0.2, -0.15) is 0 Å².